The predicted molar refractivity (Wildman–Crippen MR) is 123 cm³/mol. The Bertz CT molecular complexity index is 990. The summed E-state index contributed by atoms with van der Waals surface area (Å²) in [7, 11) is 0. The molecule has 2 amide bonds. The summed E-state index contributed by atoms with van der Waals surface area (Å²) in [6.45, 7) is 4.85. The first-order valence-corrected chi connectivity index (χ1v) is 10.9. The zero-order chi connectivity index (χ0) is 20.8. The Morgan fingerprint density at radius 2 is 1.90 bits per heavy atom. The number of hydrogen-bond acceptors (Lipinski definition) is 5. The average Bonchev–Trinajstić information content (AvgIpc) is 3.04. The van der Waals surface area contributed by atoms with E-state index in [0.717, 1.165) is 20.9 Å². The summed E-state index contributed by atoms with van der Waals surface area (Å²) in [5.41, 5.74) is 1.27. The fourth-order valence-electron chi connectivity index (χ4n) is 2.59. The maximum Gasteiger partial charge on any atom is 0.279 e. The van der Waals surface area contributed by atoms with Crippen LogP contribution in [-0.2, 0) is 4.79 Å². The summed E-state index contributed by atoms with van der Waals surface area (Å²) < 4.78 is 12.3. The Morgan fingerprint density at radius 1 is 1.17 bits per heavy atom. The van der Waals surface area contributed by atoms with Crippen LogP contribution in [0.2, 0.25) is 0 Å². The van der Waals surface area contributed by atoms with Crippen molar-refractivity contribution in [2.45, 2.75) is 13.8 Å². The van der Waals surface area contributed by atoms with Crippen LogP contribution < -0.4 is 14.8 Å². The SMILES string of the molecule is CCOc1cc(/C=C2\SC(=NC(=O)c3ccccc3)NC2=O)cc(I)c1OCC. The molecule has 0 saturated carbocycles. The van der Waals surface area contributed by atoms with Gasteiger partial charge in [-0.05, 0) is 84.1 Å². The van der Waals surface area contributed by atoms with Gasteiger partial charge in [-0.2, -0.15) is 4.99 Å². The number of carbonyl (C=O) groups is 2. The van der Waals surface area contributed by atoms with Gasteiger partial charge in [-0.25, -0.2) is 0 Å². The van der Waals surface area contributed by atoms with Gasteiger partial charge in [0.2, 0.25) is 0 Å². The molecular weight excluding hydrogens is 503 g/mol. The molecule has 0 aromatic heterocycles. The highest BCUT2D eigenvalue weighted by molar-refractivity contribution is 14.1. The second kappa shape index (κ2) is 9.93. The van der Waals surface area contributed by atoms with Crippen LogP contribution in [0, 0.1) is 3.57 Å². The van der Waals surface area contributed by atoms with Gasteiger partial charge in [0.05, 0.1) is 21.7 Å². The lowest BCUT2D eigenvalue weighted by Crippen LogP contribution is -2.20. The maximum absolute atomic E-state index is 12.3. The van der Waals surface area contributed by atoms with Crippen molar-refractivity contribution >= 4 is 57.4 Å². The molecule has 0 spiro atoms. The smallest absolute Gasteiger partial charge is 0.279 e. The number of carbonyl (C=O) groups excluding carboxylic acids is 2. The Balaban J connectivity index is 1.84. The molecule has 0 radical (unpaired) electrons. The number of rotatable bonds is 6. The molecule has 0 aliphatic carbocycles. The molecule has 1 N–H and O–H groups in total. The fraction of sp³-hybridized carbons (Fsp3) is 0.190. The first-order valence-electron chi connectivity index (χ1n) is 9.00. The molecule has 1 saturated heterocycles. The van der Waals surface area contributed by atoms with Gasteiger partial charge in [0, 0.05) is 5.56 Å². The number of nitrogens with one attached hydrogen (secondary N) is 1. The molecule has 8 heteroatoms. The van der Waals surface area contributed by atoms with Gasteiger partial charge in [0.25, 0.3) is 11.8 Å². The quantitative estimate of drug-likeness (QED) is 0.447. The molecule has 29 heavy (non-hydrogen) atoms. The Labute approximate surface area is 186 Å². The molecule has 6 nitrogen and oxygen atoms in total. The van der Waals surface area contributed by atoms with E-state index < -0.39 is 5.91 Å². The molecule has 0 bridgehead atoms. The van der Waals surface area contributed by atoms with Crippen LogP contribution in [0.4, 0.5) is 0 Å². The molecule has 1 heterocycles. The van der Waals surface area contributed by atoms with Crippen molar-refractivity contribution in [3.05, 3.63) is 62.1 Å². The van der Waals surface area contributed by atoms with Crippen molar-refractivity contribution in [3.8, 4) is 11.5 Å². The third-order valence-corrected chi connectivity index (χ3v) is 5.50. The van der Waals surface area contributed by atoms with Crippen molar-refractivity contribution in [1.82, 2.24) is 5.32 Å². The summed E-state index contributed by atoms with van der Waals surface area (Å²) in [5.74, 6) is 0.626. The van der Waals surface area contributed by atoms with E-state index in [2.05, 4.69) is 32.9 Å². The van der Waals surface area contributed by atoms with Gasteiger partial charge >= 0.3 is 0 Å². The van der Waals surface area contributed by atoms with E-state index >= 15 is 0 Å². The van der Waals surface area contributed by atoms with Crippen LogP contribution in [0.3, 0.4) is 0 Å². The normalized spacial score (nSPS) is 16.2. The van der Waals surface area contributed by atoms with Crippen molar-refractivity contribution in [3.63, 3.8) is 0 Å². The lowest BCUT2D eigenvalue weighted by Gasteiger charge is -2.13. The van der Waals surface area contributed by atoms with Crippen molar-refractivity contribution in [2.24, 2.45) is 4.99 Å². The minimum atomic E-state index is -0.399. The van der Waals surface area contributed by atoms with Crippen LogP contribution >= 0.6 is 34.4 Å². The number of aliphatic imine (C=N–C) groups is 1. The molecule has 0 unspecified atom stereocenters. The highest BCUT2D eigenvalue weighted by Crippen LogP contribution is 2.36. The Morgan fingerprint density at radius 3 is 2.59 bits per heavy atom. The summed E-state index contributed by atoms with van der Waals surface area (Å²) in [5, 5.41) is 2.90. The highest BCUT2D eigenvalue weighted by Gasteiger charge is 2.25. The van der Waals surface area contributed by atoms with E-state index in [1.165, 1.54) is 0 Å². The summed E-state index contributed by atoms with van der Waals surface area (Å²) >= 11 is 3.31. The van der Waals surface area contributed by atoms with Gasteiger partial charge in [-0.15, -0.1) is 0 Å². The summed E-state index contributed by atoms with van der Waals surface area (Å²) in [4.78, 5) is 29.0. The third-order valence-electron chi connectivity index (χ3n) is 3.79. The average molecular weight is 522 g/mol. The number of amides is 2. The number of amidine groups is 1. The molecular formula is C21H19IN2O4S. The zero-order valence-electron chi connectivity index (χ0n) is 15.9. The molecule has 1 fully saturated rings. The van der Waals surface area contributed by atoms with Crippen LogP contribution in [0.5, 0.6) is 11.5 Å². The van der Waals surface area contributed by atoms with Crippen molar-refractivity contribution < 1.29 is 19.1 Å². The molecule has 150 valence electrons. The van der Waals surface area contributed by atoms with E-state index in [4.69, 9.17) is 9.47 Å². The van der Waals surface area contributed by atoms with Crippen LogP contribution in [0.15, 0.2) is 52.4 Å². The molecule has 2 aromatic carbocycles. The second-order valence-electron chi connectivity index (χ2n) is 5.85. The van der Waals surface area contributed by atoms with E-state index in [1.807, 2.05) is 32.0 Å². The van der Waals surface area contributed by atoms with E-state index in [-0.39, 0.29) is 11.1 Å². The largest absolute Gasteiger partial charge is 0.490 e. The van der Waals surface area contributed by atoms with Crippen LogP contribution in [0.1, 0.15) is 29.8 Å². The number of ether oxygens (including phenoxy) is 2. The Kier molecular flexibility index (Phi) is 7.32. The number of nitrogens with zero attached hydrogens (tertiary/aromatic N) is 1. The van der Waals surface area contributed by atoms with E-state index in [0.29, 0.717) is 35.2 Å². The lowest BCUT2D eigenvalue weighted by molar-refractivity contribution is -0.115. The fourth-order valence-corrected chi connectivity index (χ4v) is 4.19. The molecule has 1 aliphatic heterocycles. The van der Waals surface area contributed by atoms with E-state index in [9.17, 15) is 9.59 Å². The number of hydrogen-bond donors (Lipinski definition) is 1. The van der Waals surface area contributed by atoms with Crippen LogP contribution in [0.25, 0.3) is 6.08 Å². The van der Waals surface area contributed by atoms with E-state index in [1.54, 1.807) is 30.3 Å². The van der Waals surface area contributed by atoms with Crippen LogP contribution in [-0.4, -0.2) is 30.2 Å². The first-order chi connectivity index (χ1) is 14.0. The maximum atomic E-state index is 12.3. The van der Waals surface area contributed by atoms with Gasteiger partial charge < -0.3 is 14.8 Å². The van der Waals surface area contributed by atoms with Gasteiger partial charge in [-0.1, -0.05) is 18.2 Å². The monoisotopic (exact) mass is 522 g/mol. The predicted octanol–water partition coefficient (Wildman–Crippen LogP) is 4.49. The van der Waals surface area contributed by atoms with Gasteiger partial charge in [-0.3, -0.25) is 9.59 Å². The number of thioether (sulfide) groups is 1. The molecule has 0 atom stereocenters. The number of halogens is 1. The molecule has 2 aromatic rings. The molecule has 1 aliphatic rings. The Hall–Kier alpha value is -2.33. The number of benzene rings is 2. The van der Waals surface area contributed by atoms with Gasteiger partial charge in [0.1, 0.15) is 0 Å². The molecule has 3 rings (SSSR count). The van der Waals surface area contributed by atoms with Gasteiger partial charge in [0.15, 0.2) is 16.7 Å². The first kappa shape index (κ1) is 21.4. The minimum Gasteiger partial charge on any atom is -0.490 e. The lowest BCUT2D eigenvalue weighted by atomic mass is 10.2. The topological polar surface area (TPSA) is 77.0 Å². The summed E-state index contributed by atoms with van der Waals surface area (Å²) in [6, 6.07) is 12.5. The van der Waals surface area contributed by atoms with Crippen molar-refractivity contribution in [1.29, 1.82) is 0 Å². The third kappa shape index (κ3) is 5.39. The second-order valence-corrected chi connectivity index (χ2v) is 8.04. The zero-order valence-corrected chi connectivity index (χ0v) is 18.9. The summed E-state index contributed by atoms with van der Waals surface area (Å²) in [6.07, 6.45) is 1.75. The highest BCUT2D eigenvalue weighted by atomic mass is 127. The minimum absolute atomic E-state index is 0.265. The van der Waals surface area contributed by atoms with Crippen molar-refractivity contribution in [2.75, 3.05) is 13.2 Å². The standard InChI is InChI=1S/C21H19IN2O4S/c1-3-27-16-11-13(10-15(22)18(16)28-4-2)12-17-20(26)24-21(29-17)23-19(25)14-8-6-5-7-9-14/h5-12H,3-4H2,1-2H3,(H,23,24,25,26)/b17-12-.